The maximum absolute atomic E-state index is 12.5. The van der Waals surface area contributed by atoms with E-state index >= 15 is 0 Å². The second kappa shape index (κ2) is 11.1. The van der Waals surface area contributed by atoms with Gasteiger partial charge in [0, 0.05) is 18.2 Å². The Morgan fingerprint density at radius 2 is 2.03 bits per heavy atom. The number of halogens is 1. The Kier molecular flexibility index (Phi) is 8.00. The van der Waals surface area contributed by atoms with Gasteiger partial charge >= 0.3 is 0 Å². The van der Waals surface area contributed by atoms with Crippen LogP contribution in [0.25, 0.3) is 6.08 Å². The van der Waals surface area contributed by atoms with Crippen LogP contribution in [-0.4, -0.2) is 22.6 Å². The van der Waals surface area contributed by atoms with Gasteiger partial charge in [0.15, 0.2) is 17.3 Å². The van der Waals surface area contributed by atoms with Crippen molar-refractivity contribution in [2.75, 3.05) is 11.9 Å². The summed E-state index contributed by atoms with van der Waals surface area (Å²) < 4.78 is 17.0. The average Bonchev–Trinajstić information content (AvgIpc) is 3.21. The van der Waals surface area contributed by atoms with Crippen LogP contribution in [0.15, 0.2) is 57.0 Å². The number of aryl methyl sites for hydroxylation is 1. The van der Waals surface area contributed by atoms with Gasteiger partial charge in [0.2, 0.25) is 0 Å². The van der Waals surface area contributed by atoms with Gasteiger partial charge in [0.25, 0.3) is 11.6 Å². The van der Waals surface area contributed by atoms with Crippen LogP contribution in [0.1, 0.15) is 23.8 Å². The Morgan fingerprint density at radius 3 is 2.62 bits per heavy atom. The highest BCUT2D eigenvalue weighted by Crippen LogP contribution is 2.38. The first-order chi connectivity index (χ1) is 16.3. The highest BCUT2D eigenvalue weighted by Gasteiger charge is 2.16. The first kappa shape index (κ1) is 24.5. The number of hydrogen-bond acceptors (Lipinski definition) is 8. The summed E-state index contributed by atoms with van der Waals surface area (Å²) in [6, 6.07) is 12.8. The van der Waals surface area contributed by atoms with Crippen LogP contribution in [0.4, 0.5) is 11.5 Å². The molecule has 1 N–H and O–H groups in total. The van der Waals surface area contributed by atoms with Crippen molar-refractivity contribution >= 4 is 39.4 Å². The third-order valence-electron chi connectivity index (χ3n) is 4.41. The molecule has 0 aliphatic carbocycles. The lowest BCUT2D eigenvalue weighted by Gasteiger charge is -2.15. The molecule has 3 rings (SSSR count). The van der Waals surface area contributed by atoms with Gasteiger partial charge in [-0.25, -0.2) is 0 Å². The summed E-state index contributed by atoms with van der Waals surface area (Å²) in [7, 11) is 0. The monoisotopic (exact) mass is 526 g/mol. The van der Waals surface area contributed by atoms with Gasteiger partial charge in [0.1, 0.15) is 24.0 Å². The molecule has 0 spiro atoms. The third-order valence-corrected chi connectivity index (χ3v) is 5.00. The van der Waals surface area contributed by atoms with E-state index < -0.39 is 10.8 Å². The number of anilines is 1. The normalized spacial score (nSPS) is 10.9. The largest absolute Gasteiger partial charge is 0.490 e. The van der Waals surface area contributed by atoms with Crippen molar-refractivity contribution < 1.29 is 23.7 Å². The van der Waals surface area contributed by atoms with E-state index in [1.807, 2.05) is 13.0 Å². The van der Waals surface area contributed by atoms with Crippen LogP contribution in [-0.2, 0) is 11.4 Å². The Hall–Kier alpha value is -4.17. The van der Waals surface area contributed by atoms with E-state index in [2.05, 4.69) is 26.4 Å². The summed E-state index contributed by atoms with van der Waals surface area (Å²) >= 11 is 3.45. The molecule has 34 heavy (non-hydrogen) atoms. The van der Waals surface area contributed by atoms with Crippen LogP contribution in [0.3, 0.4) is 0 Å². The van der Waals surface area contributed by atoms with Gasteiger partial charge in [-0.05, 0) is 71.2 Å². The quantitative estimate of drug-likeness (QED) is 0.174. The summed E-state index contributed by atoms with van der Waals surface area (Å²) in [5.41, 5.74) is 1.11. The summed E-state index contributed by atoms with van der Waals surface area (Å²) in [4.78, 5) is 22.8. The second-order valence-electron chi connectivity index (χ2n) is 6.92. The van der Waals surface area contributed by atoms with E-state index in [1.165, 1.54) is 24.3 Å². The smallest absolute Gasteiger partial charge is 0.269 e. The van der Waals surface area contributed by atoms with Crippen molar-refractivity contribution in [3.63, 3.8) is 0 Å². The van der Waals surface area contributed by atoms with Crippen LogP contribution in [0.2, 0.25) is 0 Å². The summed E-state index contributed by atoms with van der Waals surface area (Å²) in [5, 5.41) is 26.5. The fraction of sp³-hybridized carbons (Fsp3) is 0.174. The maximum Gasteiger partial charge on any atom is 0.269 e. The Bertz CT molecular complexity index is 1280. The second-order valence-corrected chi connectivity index (χ2v) is 7.78. The maximum atomic E-state index is 12.5. The molecular weight excluding hydrogens is 508 g/mol. The molecule has 0 aliphatic heterocycles. The number of aromatic nitrogens is 1. The van der Waals surface area contributed by atoms with Crippen molar-refractivity contribution in [2.24, 2.45) is 0 Å². The summed E-state index contributed by atoms with van der Waals surface area (Å²) in [6.45, 7) is 3.99. The number of nitro groups is 1. The zero-order valence-electron chi connectivity index (χ0n) is 18.2. The molecule has 1 aromatic heterocycles. The molecule has 0 saturated carbocycles. The van der Waals surface area contributed by atoms with Crippen LogP contribution in [0.5, 0.6) is 11.5 Å². The molecule has 10 nitrogen and oxygen atoms in total. The highest BCUT2D eigenvalue weighted by molar-refractivity contribution is 9.10. The molecule has 0 bridgehead atoms. The van der Waals surface area contributed by atoms with Crippen molar-refractivity contribution in [1.82, 2.24) is 5.16 Å². The molecule has 11 heteroatoms. The van der Waals surface area contributed by atoms with Gasteiger partial charge in [-0.15, -0.1) is 0 Å². The number of nitrogens with one attached hydrogen (secondary N) is 1. The minimum absolute atomic E-state index is 0.00732. The van der Waals surface area contributed by atoms with E-state index in [0.29, 0.717) is 33.9 Å². The van der Waals surface area contributed by atoms with E-state index in [9.17, 15) is 20.2 Å². The number of nitriles is 1. The number of carbonyl (C=O) groups excluding carboxylic acids is 1. The number of non-ortho nitro benzene ring substituents is 1. The molecule has 0 aliphatic rings. The first-order valence-corrected chi connectivity index (χ1v) is 10.8. The van der Waals surface area contributed by atoms with Crippen LogP contribution in [0, 0.1) is 28.4 Å². The Morgan fingerprint density at radius 1 is 1.29 bits per heavy atom. The van der Waals surface area contributed by atoms with Gasteiger partial charge in [-0.2, -0.15) is 5.26 Å². The van der Waals surface area contributed by atoms with Crippen molar-refractivity contribution in [3.8, 4) is 17.6 Å². The first-order valence-electron chi connectivity index (χ1n) is 9.99. The molecular formula is C23H19BrN4O6. The number of benzene rings is 2. The Labute approximate surface area is 203 Å². The fourth-order valence-electron chi connectivity index (χ4n) is 2.87. The predicted molar refractivity (Wildman–Crippen MR) is 126 cm³/mol. The molecule has 0 unspecified atom stereocenters. The molecule has 3 aromatic rings. The van der Waals surface area contributed by atoms with Crippen molar-refractivity contribution in [1.29, 1.82) is 5.26 Å². The van der Waals surface area contributed by atoms with Gasteiger partial charge in [-0.3, -0.25) is 14.9 Å². The molecule has 0 atom stereocenters. The SMILES string of the molecule is CCOc1cc(C=C(C#N)C(=O)Nc2cc(C)on2)cc(Br)c1OCc1ccc([N+](=O)[O-])cc1. The van der Waals surface area contributed by atoms with Crippen LogP contribution >= 0.6 is 15.9 Å². The van der Waals surface area contributed by atoms with Gasteiger partial charge in [-0.1, -0.05) is 5.16 Å². The van der Waals surface area contributed by atoms with E-state index in [0.717, 1.165) is 5.56 Å². The predicted octanol–water partition coefficient (Wildman–Crippen LogP) is 5.18. The number of rotatable bonds is 9. The number of nitro benzene ring substituents is 1. The molecule has 0 saturated heterocycles. The molecule has 1 amide bonds. The molecule has 0 fully saturated rings. The van der Waals surface area contributed by atoms with Gasteiger partial charge in [0.05, 0.1) is 16.0 Å². The highest BCUT2D eigenvalue weighted by atomic mass is 79.9. The van der Waals surface area contributed by atoms with Crippen molar-refractivity contribution in [2.45, 2.75) is 20.5 Å². The van der Waals surface area contributed by atoms with E-state index in [4.69, 9.17) is 14.0 Å². The van der Waals surface area contributed by atoms with Gasteiger partial charge < -0.3 is 19.3 Å². The lowest BCUT2D eigenvalue weighted by atomic mass is 10.1. The number of ether oxygens (including phenoxy) is 2. The Balaban J connectivity index is 1.82. The number of nitrogens with zero attached hydrogens (tertiary/aromatic N) is 3. The minimum Gasteiger partial charge on any atom is -0.490 e. The lowest BCUT2D eigenvalue weighted by Crippen LogP contribution is -2.13. The van der Waals surface area contributed by atoms with Crippen molar-refractivity contribution in [3.05, 3.63) is 79.5 Å². The molecule has 0 radical (unpaired) electrons. The molecule has 174 valence electrons. The lowest BCUT2D eigenvalue weighted by molar-refractivity contribution is -0.384. The number of amides is 1. The minimum atomic E-state index is -0.636. The topological polar surface area (TPSA) is 141 Å². The fourth-order valence-corrected chi connectivity index (χ4v) is 3.44. The van der Waals surface area contributed by atoms with Crippen LogP contribution < -0.4 is 14.8 Å². The zero-order chi connectivity index (χ0) is 24.7. The van der Waals surface area contributed by atoms with E-state index in [-0.39, 0.29) is 23.7 Å². The summed E-state index contributed by atoms with van der Waals surface area (Å²) in [5.74, 6) is 0.902. The third kappa shape index (κ3) is 6.20. The summed E-state index contributed by atoms with van der Waals surface area (Å²) in [6.07, 6.45) is 1.41. The average molecular weight is 527 g/mol. The molecule has 2 aromatic carbocycles. The van der Waals surface area contributed by atoms with E-state index in [1.54, 1.807) is 31.2 Å². The standard InChI is InChI=1S/C23H19BrN4O6/c1-3-32-20-11-16(9-17(12-25)23(29)26-21-8-14(2)34-27-21)10-19(24)22(20)33-13-15-4-6-18(7-5-15)28(30)31/h4-11H,3,13H2,1-2H3,(H,26,27,29). The molecule has 1 heterocycles. The number of hydrogen-bond donors (Lipinski definition) is 1. The zero-order valence-corrected chi connectivity index (χ0v) is 19.8. The number of carbonyl (C=O) groups is 1.